The number of anilines is 1. The number of aryl methyl sites for hydroxylation is 1. The first-order valence-corrected chi connectivity index (χ1v) is 6.23. The molecular weight excluding hydrogens is 248 g/mol. The number of nitrogens with two attached hydrogens (primary N) is 1. The van der Waals surface area contributed by atoms with Crippen molar-refractivity contribution in [1.82, 2.24) is 19.1 Å². The average Bonchev–Trinajstić information content (AvgIpc) is 2.81. The van der Waals surface area contributed by atoms with Gasteiger partial charge in [0.15, 0.2) is 11.2 Å². The highest BCUT2D eigenvalue weighted by molar-refractivity contribution is 5.72. The van der Waals surface area contributed by atoms with Gasteiger partial charge in [-0.1, -0.05) is 0 Å². The Labute approximate surface area is 109 Å². The summed E-state index contributed by atoms with van der Waals surface area (Å²) in [6.07, 6.45) is 0.801. The van der Waals surface area contributed by atoms with Gasteiger partial charge in [-0.2, -0.15) is 4.98 Å². The molecule has 2 heterocycles. The van der Waals surface area contributed by atoms with Gasteiger partial charge in [0.25, 0.3) is 5.56 Å². The number of H-pyrrole nitrogens is 1. The molecule has 0 spiro atoms. The van der Waals surface area contributed by atoms with Gasteiger partial charge < -0.3 is 16.0 Å². The van der Waals surface area contributed by atoms with Crippen molar-refractivity contribution in [1.29, 1.82) is 0 Å². The Morgan fingerprint density at radius 3 is 2.79 bits per heavy atom. The van der Waals surface area contributed by atoms with Crippen molar-refractivity contribution in [2.24, 2.45) is 12.8 Å². The highest BCUT2D eigenvalue weighted by atomic mass is 16.2. The van der Waals surface area contributed by atoms with Crippen molar-refractivity contribution in [3.05, 3.63) is 20.8 Å². The molecule has 8 heteroatoms. The van der Waals surface area contributed by atoms with Crippen molar-refractivity contribution < 1.29 is 0 Å². The molecule has 0 atom stereocenters. The molecule has 2 rings (SSSR count). The minimum absolute atomic E-state index is 0.333. The van der Waals surface area contributed by atoms with E-state index in [0.717, 1.165) is 11.0 Å². The standard InChI is InChI=1S/C11H18N6O2/c1-3-17-8-7(9(18)16(2)11(17)19)14-10(15-8)13-6-4-5-12/h3-6,12H2,1-2H3,(H2,13,14,15). The summed E-state index contributed by atoms with van der Waals surface area (Å²) >= 11 is 0. The number of nitrogens with one attached hydrogen (secondary N) is 2. The van der Waals surface area contributed by atoms with Crippen LogP contribution >= 0.6 is 0 Å². The van der Waals surface area contributed by atoms with Crippen LogP contribution in [0.3, 0.4) is 0 Å². The van der Waals surface area contributed by atoms with Gasteiger partial charge >= 0.3 is 5.69 Å². The molecule has 0 amide bonds. The largest absolute Gasteiger partial charge is 0.356 e. The summed E-state index contributed by atoms with van der Waals surface area (Å²) < 4.78 is 2.54. The number of aromatic amines is 1. The van der Waals surface area contributed by atoms with Gasteiger partial charge in [-0.3, -0.25) is 13.9 Å². The van der Waals surface area contributed by atoms with Gasteiger partial charge in [-0.25, -0.2) is 4.79 Å². The van der Waals surface area contributed by atoms with Crippen LogP contribution in [-0.4, -0.2) is 32.2 Å². The fraction of sp³-hybridized carbons (Fsp3) is 0.545. The van der Waals surface area contributed by atoms with Crippen molar-refractivity contribution in [3.63, 3.8) is 0 Å². The van der Waals surface area contributed by atoms with E-state index in [9.17, 15) is 9.59 Å². The lowest BCUT2D eigenvalue weighted by atomic mass is 10.4. The predicted octanol–water partition coefficient (Wildman–Crippen LogP) is -0.796. The summed E-state index contributed by atoms with van der Waals surface area (Å²) in [5.74, 6) is 0.480. The molecule has 0 radical (unpaired) electrons. The SMILES string of the molecule is CCn1c(=O)n(C)c(=O)c2[nH]c(NCCCN)nc21. The van der Waals surface area contributed by atoms with Gasteiger partial charge in [0.2, 0.25) is 5.95 Å². The molecule has 0 saturated heterocycles. The summed E-state index contributed by atoms with van der Waals surface area (Å²) in [5.41, 5.74) is 5.39. The zero-order valence-corrected chi connectivity index (χ0v) is 11.1. The van der Waals surface area contributed by atoms with Gasteiger partial charge in [0, 0.05) is 20.1 Å². The van der Waals surface area contributed by atoms with Gasteiger partial charge in [0.1, 0.15) is 0 Å². The third-order valence-corrected chi connectivity index (χ3v) is 2.97. The third-order valence-electron chi connectivity index (χ3n) is 2.97. The fourth-order valence-electron chi connectivity index (χ4n) is 1.91. The highest BCUT2D eigenvalue weighted by Gasteiger charge is 2.14. The molecule has 2 aromatic heterocycles. The second-order valence-electron chi connectivity index (χ2n) is 4.24. The average molecular weight is 266 g/mol. The quantitative estimate of drug-likeness (QED) is 0.614. The normalized spacial score (nSPS) is 11.1. The van der Waals surface area contributed by atoms with Gasteiger partial charge in [-0.05, 0) is 19.9 Å². The Kier molecular flexibility index (Phi) is 3.70. The molecule has 104 valence electrons. The van der Waals surface area contributed by atoms with Crippen molar-refractivity contribution in [2.45, 2.75) is 19.9 Å². The minimum atomic E-state index is -0.371. The first-order chi connectivity index (χ1) is 9.10. The molecule has 19 heavy (non-hydrogen) atoms. The second-order valence-corrected chi connectivity index (χ2v) is 4.24. The summed E-state index contributed by atoms with van der Waals surface area (Å²) in [6.45, 7) is 3.53. The van der Waals surface area contributed by atoms with Gasteiger partial charge in [-0.15, -0.1) is 0 Å². The lowest BCUT2D eigenvalue weighted by Crippen LogP contribution is -2.37. The summed E-state index contributed by atoms with van der Waals surface area (Å²) in [4.78, 5) is 31.1. The number of rotatable bonds is 5. The van der Waals surface area contributed by atoms with E-state index in [-0.39, 0.29) is 11.2 Å². The zero-order valence-electron chi connectivity index (χ0n) is 11.1. The number of hydrogen-bond donors (Lipinski definition) is 3. The first kappa shape index (κ1) is 13.3. The van der Waals surface area contributed by atoms with E-state index < -0.39 is 0 Å². The smallest absolute Gasteiger partial charge is 0.332 e. The Hall–Kier alpha value is -2.09. The molecule has 0 aliphatic rings. The van der Waals surface area contributed by atoms with Crippen molar-refractivity contribution >= 4 is 17.1 Å². The van der Waals surface area contributed by atoms with Crippen LogP contribution in [0.4, 0.5) is 5.95 Å². The molecule has 0 aliphatic heterocycles. The molecule has 0 aliphatic carbocycles. The van der Waals surface area contributed by atoms with Crippen LogP contribution in [0.15, 0.2) is 9.59 Å². The van der Waals surface area contributed by atoms with Crippen molar-refractivity contribution in [2.75, 3.05) is 18.4 Å². The molecule has 2 aromatic rings. The first-order valence-electron chi connectivity index (χ1n) is 6.23. The third kappa shape index (κ3) is 2.26. The maximum absolute atomic E-state index is 12.0. The Morgan fingerprint density at radius 2 is 2.16 bits per heavy atom. The molecule has 0 saturated carbocycles. The van der Waals surface area contributed by atoms with Crippen LogP contribution in [0, 0.1) is 0 Å². The van der Waals surface area contributed by atoms with Crippen LogP contribution in [0.2, 0.25) is 0 Å². The molecule has 0 bridgehead atoms. The summed E-state index contributed by atoms with van der Waals surface area (Å²) in [6, 6.07) is 0. The van der Waals surface area contributed by atoms with Crippen molar-refractivity contribution in [3.8, 4) is 0 Å². The van der Waals surface area contributed by atoms with Crippen LogP contribution in [0.5, 0.6) is 0 Å². The molecule has 4 N–H and O–H groups in total. The fourth-order valence-corrected chi connectivity index (χ4v) is 1.91. The van der Waals surface area contributed by atoms with Crippen LogP contribution < -0.4 is 22.3 Å². The number of nitrogens with zero attached hydrogens (tertiary/aromatic N) is 3. The monoisotopic (exact) mass is 266 g/mol. The van der Waals surface area contributed by atoms with Gasteiger partial charge in [0.05, 0.1) is 0 Å². The number of fused-ring (bicyclic) bond motifs is 1. The van der Waals surface area contributed by atoms with E-state index in [1.54, 1.807) is 0 Å². The lowest BCUT2D eigenvalue weighted by molar-refractivity contribution is 0.652. The predicted molar refractivity (Wildman–Crippen MR) is 73.4 cm³/mol. The van der Waals surface area contributed by atoms with E-state index in [2.05, 4.69) is 15.3 Å². The Bertz CT molecular complexity index is 695. The lowest BCUT2D eigenvalue weighted by Gasteiger charge is -2.04. The molecule has 0 unspecified atom stereocenters. The number of aromatic nitrogens is 4. The zero-order chi connectivity index (χ0) is 14.0. The summed E-state index contributed by atoms with van der Waals surface area (Å²) in [7, 11) is 1.46. The maximum Gasteiger partial charge on any atom is 0.332 e. The van der Waals surface area contributed by atoms with E-state index in [0.29, 0.717) is 36.7 Å². The van der Waals surface area contributed by atoms with Crippen LogP contribution in [-0.2, 0) is 13.6 Å². The minimum Gasteiger partial charge on any atom is -0.356 e. The highest BCUT2D eigenvalue weighted by Crippen LogP contribution is 2.08. The van der Waals surface area contributed by atoms with E-state index in [1.807, 2.05) is 6.92 Å². The summed E-state index contributed by atoms with van der Waals surface area (Å²) in [5, 5.41) is 3.04. The maximum atomic E-state index is 12.0. The van der Waals surface area contributed by atoms with Crippen LogP contribution in [0.25, 0.3) is 11.2 Å². The topological polar surface area (TPSA) is 111 Å². The molecule has 0 fully saturated rings. The number of hydrogen-bond acceptors (Lipinski definition) is 5. The Morgan fingerprint density at radius 1 is 1.42 bits per heavy atom. The Balaban J connectivity index is 2.55. The van der Waals surface area contributed by atoms with E-state index >= 15 is 0 Å². The molecule has 8 nitrogen and oxygen atoms in total. The molecular formula is C11H18N6O2. The number of imidazole rings is 1. The van der Waals surface area contributed by atoms with E-state index in [1.165, 1.54) is 11.6 Å². The van der Waals surface area contributed by atoms with E-state index in [4.69, 9.17) is 5.73 Å². The van der Waals surface area contributed by atoms with Crippen LogP contribution in [0.1, 0.15) is 13.3 Å². The molecule has 0 aromatic carbocycles. The second kappa shape index (κ2) is 5.27.